The lowest BCUT2D eigenvalue weighted by Crippen LogP contribution is -2.36. The first-order valence-electron chi connectivity index (χ1n) is 12.2. The van der Waals surface area contributed by atoms with Crippen LogP contribution in [0.4, 0.5) is 5.13 Å². The minimum absolute atomic E-state index is 0.0616. The highest BCUT2D eigenvalue weighted by Crippen LogP contribution is 2.39. The number of carbonyl (C=O) groups is 1. The molecule has 2 aromatic heterocycles. The molecule has 0 aliphatic rings. The van der Waals surface area contributed by atoms with Crippen molar-refractivity contribution < 1.29 is 27.4 Å². The van der Waals surface area contributed by atoms with Crippen LogP contribution in [0.3, 0.4) is 0 Å². The molecule has 13 heteroatoms. The largest absolute Gasteiger partial charge is 0.494 e. The zero-order valence-electron chi connectivity index (χ0n) is 22.2. The molecule has 0 atom stereocenters. The molecular formula is C27H29ClN4O6S2. The molecule has 0 bridgehead atoms. The van der Waals surface area contributed by atoms with Crippen LogP contribution in [-0.4, -0.2) is 76.2 Å². The van der Waals surface area contributed by atoms with Crippen molar-refractivity contribution in [1.29, 1.82) is 0 Å². The number of hydrogen-bond acceptors (Lipinski definition) is 9. The van der Waals surface area contributed by atoms with E-state index in [4.69, 9.17) is 30.8 Å². The molecule has 0 saturated heterocycles. The molecule has 0 fully saturated rings. The number of hydrogen-bond donors (Lipinski definition) is 0. The van der Waals surface area contributed by atoms with Gasteiger partial charge in [0.2, 0.25) is 10.0 Å². The number of anilines is 1. The third kappa shape index (κ3) is 6.60. The van der Waals surface area contributed by atoms with Gasteiger partial charge in [-0.1, -0.05) is 29.0 Å². The minimum Gasteiger partial charge on any atom is -0.494 e. The predicted octanol–water partition coefficient (Wildman–Crippen LogP) is 4.48. The van der Waals surface area contributed by atoms with Crippen LogP contribution in [0.1, 0.15) is 15.9 Å². The second-order valence-electron chi connectivity index (χ2n) is 8.59. The third-order valence-corrected chi connectivity index (χ3v) is 9.49. The van der Waals surface area contributed by atoms with E-state index in [0.29, 0.717) is 31.7 Å². The molecule has 1 amide bonds. The second-order valence-corrected chi connectivity index (χ2v) is 11.9. The summed E-state index contributed by atoms with van der Waals surface area (Å²) in [5, 5.41) is 0.909. The summed E-state index contributed by atoms with van der Waals surface area (Å²) in [6.07, 6.45) is 3.32. The Morgan fingerprint density at radius 3 is 2.30 bits per heavy atom. The van der Waals surface area contributed by atoms with Gasteiger partial charge in [-0.05, 0) is 48.0 Å². The van der Waals surface area contributed by atoms with Crippen LogP contribution in [0.25, 0.3) is 10.2 Å². The number of amides is 1. The molecule has 2 aromatic carbocycles. The molecular weight excluding hydrogens is 576 g/mol. The van der Waals surface area contributed by atoms with E-state index in [0.717, 1.165) is 5.56 Å². The number of rotatable bonds is 13. The van der Waals surface area contributed by atoms with Gasteiger partial charge in [-0.3, -0.25) is 14.7 Å². The van der Waals surface area contributed by atoms with Gasteiger partial charge in [0.25, 0.3) is 5.91 Å². The Balaban J connectivity index is 1.69. The highest BCUT2D eigenvalue weighted by atomic mass is 35.5. The van der Waals surface area contributed by atoms with E-state index in [1.54, 1.807) is 37.7 Å². The molecule has 10 nitrogen and oxygen atoms in total. The monoisotopic (exact) mass is 604 g/mol. The number of thiazole rings is 1. The number of pyridine rings is 1. The summed E-state index contributed by atoms with van der Waals surface area (Å²) in [6.45, 7) is 1.00. The van der Waals surface area contributed by atoms with Gasteiger partial charge in [-0.15, -0.1) is 0 Å². The summed E-state index contributed by atoms with van der Waals surface area (Å²) in [4.78, 5) is 24.3. The van der Waals surface area contributed by atoms with Gasteiger partial charge in [0.1, 0.15) is 11.3 Å². The Morgan fingerprint density at radius 2 is 1.70 bits per heavy atom. The van der Waals surface area contributed by atoms with Gasteiger partial charge < -0.3 is 14.2 Å². The van der Waals surface area contributed by atoms with Crippen molar-refractivity contribution in [2.24, 2.45) is 0 Å². The highest BCUT2D eigenvalue weighted by molar-refractivity contribution is 7.89. The van der Waals surface area contributed by atoms with Crippen molar-refractivity contribution in [3.05, 3.63) is 77.1 Å². The Hall–Kier alpha value is -3.13. The molecule has 4 aromatic rings. The van der Waals surface area contributed by atoms with Gasteiger partial charge in [-0.25, -0.2) is 13.4 Å². The van der Waals surface area contributed by atoms with E-state index < -0.39 is 10.0 Å². The first-order chi connectivity index (χ1) is 19.3. The van der Waals surface area contributed by atoms with Crippen LogP contribution in [0.2, 0.25) is 5.02 Å². The summed E-state index contributed by atoms with van der Waals surface area (Å²) in [6, 6.07) is 12.9. The standard InChI is InChI=1S/C27H29ClN4O6S2/c1-36-15-13-31(14-16-37-2)40(34,35)21-8-6-20(7-9-21)26(33)32(18-19-5-4-12-29-17-19)27-30-24-23(38-3)11-10-22(28)25(24)39-27/h4-12,17H,13-16,18H2,1-3H3. The maximum atomic E-state index is 13.9. The zero-order valence-corrected chi connectivity index (χ0v) is 24.6. The Morgan fingerprint density at radius 1 is 1.00 bits per heavy atom. The number of sulfonamides is 1. The fourth-order valence-corrected chi connectivity index (χ4v) is 6.60. The fourth-order valence-electron chi connectivity index (χ4n) is 3.93. The number of nitrogens with zero attached hydrogens (tertiary/aromatic N) is 4. The van der Waals surface area contributed by atoms with E-state index in [2.05, 4.69) is 4.98 Å². The molecule has 0 saturated carbocycles. The van der Waals surface area contributed by atoms with E-state index >= 15 is 0 Å². The van der Waals surface area contributed by atoms with E-state index in [1.165, 1.54) is 59.0 Å². The predicted molar refractivity (Wildman–Crippen MR) is 155 cm³/mol. The second kappa shape index (κ2) is 13.5. The number of ether oxygens (including phenoxy) is 3. The highest BCUT2D eigenvalue weighted by Gasteiger charge is 2.27. The smallest absolute Gasteiger partial charge is 0.260 e. The van der Waals surface area contributed by atoms with Gasteiger partial charge in [0, 0.05) is 45.3 Å². The Labute approximate surface area is 242 Å². The summed E-state index contributed by atoms with van der Waals surface area (Å²) >= 11 is 7.70. The molecule has 40 heavy (non-hydrogen) atoms. The summed E-state index contributed by atoms with van der Waals surface area (Å²) < 4.78 is 44.2. The maximum absolute atomic E-state index is 13.9. The summed E-state index contributed by atoms with van der Waals surface area (Å²) in [5.74, 6) is 0.175. The van der Waals surface area contributed by atoms with Crippen molar-refractivity contribution in [3.8, 4) is 5.75 Å². The normalized spacial score (nSPS) is 11.7. The number of halogens is 1. The zero-order chi connectivity index (χ0) is 28.7. The molecule has 0 radical (unpaired) electrons. The lowest BCUT2D eigenvalue weighted by molar-refractivity contribution is 0.0985. The number of fused-ring (bicyclic) bond motifs is 1. The van der Waals surface area contributed by atoms with Crippen LogP contribution in [0.15, 0.2) is 65.8 Å². The molecule has 2 heterocycles. The average molecular weight is 605 g/mol. The lowest BCUT2D eigenvalue weighted by Gasteiger charge is -2.22. The maximum Gasteiger partial charge on any atom is 0.260 e. The molecule has 0 N–H and O–H groups in total. The van der Waals surface area contributed by atoms with Crippen molar-refractivity contribution in [1.82, 2.24) is 14.3 Å². The van der Waals surface area contributed by atoms with Gasteiger partial charge >= 0.3 is 0 Å². The number of aromatic nitrogens is 2. The molecule has 0 unspecified atom stereocenters. The topological polar surface area (TPSA) is 111 Å². The van der Waals surface area contributed by atoms with Crippen molar-refractivity contribution in [2.75, 3.05) is 52.5 Å². The van der Waals surface area contributed by atoms with Crippen LogP contribution in [0.5, 0.6) is 5.75 Å². The van der Waals surface area contributed by atoms with Crippen molar-refractivity contribution >= 4 is 54.2 Å². The van der Waals surface area contributed by atoms with Crippen LogP contribution in [-0.2, 0) is 26.0 Å². The van der Waals surface area contributed by atoms with Gasteiger partial charge in [0.05, 0.1) is 41.5 Å². The van der Waals surface area contributed by atoms with E-state index in [-0.39, 0.29) is 43.7 Å². The van der Waals surface area contributed by atoms with Gasteiger partial charge in [-0.2, -0.15) is 4.31 Å². The van der Waals surface area contributed by atoms with E-state index in [1.807, 2.05) is 6.07 Å². The minimum atomic E-state index is -3.84. The van der Waals surface area contributed by atoms with Crippen LogP contribution in [0, 0.1) is 0 Å². The van der Waals surface area contributed by atoms with Gasteiger partial charge in [0.15, 0.2) is 5.13 Å². The van der Waals surface area contributed by atoms with E-state index in [9.17, 15) is 13.2 Å². The molecule has 0 aliphatic heterocycles. The quantitative estimate of drug-likeness (QED) is 0.220. The van der Waals surface area contributed by atoms with Crippen LogP contribution >= 0.6 is 22.9 Å². The Kier molecular flexibility index (Phi) is 10.1. The number of methoxy groups -OCH3 is 3. The SMILES string of the molecule is COCCN(CCOC)S(=O)(=O)c1ccc(C(=O)N(Cc2cccnc2)c2nc3c(OC)ccc(Cl)c3s2)cc1. The lowest BCUT2D eigenvalue weighted by atomic mass is 10.2. The number of carbonyl (C=O) groups excluding carboxylic acids is 1. The average Bonchev–Trinajstić information content (AvgIpc) is 3.42. The summed E-state index contributed by atoms with van der Waals surface area (Å²) in [5.41, 5.74) is 1.63. The Bertz CT molecular complexity index is 1540. The molecule has 0 spiro atoms. The third-order valence-electron chi connectivity index (χ3n) is 6.04. The molecule has 212 valence electrons. The van der Waals surface area contributed by atoms with Crippen molar-refractivity contribution in [3.63, 3.8) is 0 Å². The molecule has 0 aliphatic carbocycles. The molecule has 4 rings (SSSR count). The first kappa shape index (κ1) is 29.8. The summed E-state index contributed by atoms with van der Waals surface area (Å²) in [7, 11) is 0.722. The first-order valence-corrected chi connectivity index (χ1v) is 14.9. The van der Waals surface area contributed by atoms with Crippen molar-refractivity contribution in [2.45, 2.75) is 11.4 Å². The van der Waals surface area contributed by atoms with Crippen LogP contribution < -0.4 is 9.64 Å². The fraction of sp³-hybridized carbons (Fsp3) is 0.296. The number of benzene rings is 2.